The van der Waals surface area contributed by atoms with Gasteiger partial charge in [0.15, 0.2) is 0 Å². The minimum absolute atomic E-state index is 0.0882. The molecule has 3 rings (SSSR count). The lowest BCUT2D eigenvalue weighted by atomic mass is 9.81. The van der Waals surface area contributed by atoms with Gasteiger partial charge in [0.1, 0.15) is 0 Å². The fourth-order valence-corrected chi connectivity index (χ4v) is 4.30. The van der Waals surface area contributed by atoms with Gasteiger partial charge in [0, 0.05) is 25.2 Å². The van der Waals surface area contributed by atoms with Crippen LogP contribution in [0.25, 0.3) is 0 Å². The lowest BCUT2D eigenvalue weighted by Gasteiger charge is -2.51. The van der Waals surface area contributed by atoms with E-state index in [4.69, 9.17) is 0 Å². The van der Waals surface area contributed by atoms with Crippen LogP contribution in [0.15, 0.2) is 30.3 Å². The van der Waals surface area contributed by atoms with Gasteiger partial charge in [-0.1, -0.05) is 50.1 Å². The van der Waals surface area contributed by atoms with Gasteiger partial charge in [0.2, 0.25) is 0 Å². The Labute approximate surface area is 129 Å². The van der Waals surface area contributed by atoms with E-state index in [2.05, 4.69) is 61.3 Å². The summed E-state index contributed by atoms with van der Waals surface area (Å²) >= 11 is 0. The molecule has 1 aromatic rings. The van der Waals surface area contributed by atoms with Gasteiger partial charge in [-0.3, -0.25) is 4.90 Å². The summed E-state index contributed by atoms with van der Waals surface area (Å²) < 4.78 is 0. The Kier molecular flexibility index (Phi) is 4.37. The molecule has 1 saturated heterocycles. The summed E-state index contributed by atoms with van der Waals surface area (Å²) in [6.45, 7) is 9.44. The summed E-state index contributed by atoms with van der Waals surface area (Å²) in [7, 11) is 0. The van der Waals surface area contributed by atoms with Crippen molar-refractivity contribution in [2.24, 2.45) is 5.92 Å². The normalized spacial score (nSPS) is 38.3. The maximum absolute atomic E-state index is 3.80. The van der Waals surface area contributed by atoms with Gasteiger partial charge in [-0.05, 0) is 38.2 Å². The van der Waals surface area contributed by atoms with Gasteiger partial charge >= 0.3 is 0 Å². The second kappa shape index (κ2) is 6.10. The molecule has 4 atom stereocenters. The molecule has 0 radical (unpaired) electrons. The highest BCUT2D eigenvalue weighted by molar-refractivity contribution is 5.25. The average molecular weight is 286 g/mol. The Morgan fingerprint density at radius 2 is 1.81 bits per heavy atom. The molecule has 0 amide bonds. The SMILES string of the molecule is CC1CCCCC1N1CC(C)(c2ccccc2)NCC1C. The minimum atomic E-state index is 0.0882. The number of hydrogen-bond donors (Lipinski definition) is 1. The van der Waals surface area contributed by atoms with Crippen molar-refractivity contribution < 1.29 is 0 Å². The van der Waals surface area contributed by atoms with Crippen LogP contribution in [0, 0.1) is 5.92 Å². The van der Waals surface area contributed by atoms with Crippen LogP contribution >= 0.6 is 0 Å². The van der Waals surface area contributed by atoms with E-state index in [1.165, 1.54) is 31.2 Å². The van der Waals surface area contributed by atoms with Crippen molar-refractivity contribution in [3.05, 3.63) is 35.9 Å². The van der Waals surface area contributed by atoms with Crippen molar-refractivity contribution in [3.63, 3.8) is 0 Å². The topological polar surface area (TPSA) is 15.3 Å². The van der Waals surface area contributed by atoms with Gasteiger partial charge in [-0.15, -0.1) is 0 Å². The van der Waals surface area contributed by atoms with Crippen LogP contribution < -0.4 is 5.32 Å². The van der Waals surface area contributed by atoms with Crippen molar-refractivity contribution >= 4 is 0 Å². The van der Waals surface area contributed by atoms with Crippen LogP contribution in [-0.4, -0.2) is 30.1 Å². The molecule has 0 aromatic heterocycles. The maximum Gasteiger partial charge on any atom is 0.0535 e. The average Bonchev–Trinajstić information content (AvgIpc) is 2.52. The van der Waals surface area contributed by atoms with Crippen LogP contribution in [0.4, 0.5) is 0 Å². The molecule has 2 nitrogen and oxygen atoms in total. The van der Waals surface area contributed by atoms with E-state index in [1.807, 2.05) is 0 Å². The summed E-state index contributed by atoms with van der Waals surface area (Å²) in [6.07, 6.45) is 5.63. The predicted molar refractivity (Wildman–Crippen MR) is 89.4 cm³/mol. The van der Waals surface area contributed by atoms with Crippen molar-refractivity contribution in [2.75, 3.05) is 13.1 Å². The smallest absolute Gasteiger partial charge is 0.0535 e. The second-order valence-electron chi connectivity index (χ2n) is 7.43. The third-order valence-corrected chi connectivity index (χ3v) is 5.76. The fraction of sp³-hybridized carbons (Fsp3) is 0.684. The van der Waals surface area contributed by atoms with E-state index < -0.39 is 0 Å². The number of hydrogen-bond acceptors (Lipinski definition) is 2. The quantitative estimate of drug-likeness (QED) is 0.890. The molecular formula is C19H30N2. The molecule has 1 saturated carbocycles. The van der Waals surface area contributed by atoms with Crippen LogP contribution in [-0.2, 0) is 5.54 Å². The molecule has 1 aliphatic heterocycles. The summed E-state index contributed by atoms with van der Waals surface area (Å²) in [4.78, 5) is 2.80. The maximum atomic E-state index is 3.80. The van der Waals surface area contributed by atoms with Crippen LogP contribution in [0.3, 0.4) is 0 Å². The first kappa shape index (κ1) is 15.1. The van der Waals surface area contributed by atoms with Crippen LogP contribution in [0.1, 0.15) is 52.0 Å². The van der Waals surface area contributed by atoms with Gasteiger partial charge < -0.3 is 5.32 Å². The molecule has 1 N–H and O–H groups in total. The first-order valence-corrected chi connectivity index (χ1v) is 8.66. The summed E-state index contributed by atoms with van der Waals surface area (Å²) in [5.41, 5.74) is 1.51. The Morgan fingerprint density at radius 3 is 2.52 bits per heavy atom. The van der Waals surface area contributed by atoms with E-state index >= 15 is 0 Å². The first-order chi connectivity index (χ1) is 10.1. The van der Waals surface area contributed by atoms with Gasteiger partial charge in [0.05, 0.1) is 5.54 Å². The lowest BCUT2D eigenvalue weighted by Crippen LogP contribution is -2.63. The number of benzene rings is 1. The monoisotopic (exact) mass is 286 g/mol. The van der Waals surface area contributed by atoms with E-state index in [1.54, 1.807) is 0 Å². The molecule has 0 bridgehead atoms. The standard InChI is InChI=1S/C19H30N2/c1-15-9-7-8-12-18(15)21-14-19(3,20-13-16(21)2)17-10-5-4-6-11-17/h4-6,10-11,15-16,18,20H,7-9,12-14H2,1-3H3. The summed E-state index contributed by atoms with van der Waals surface area (Å²) in [5.74, 6) is 0.847. The van der Waals surface area contributed by atoms with Crippen LogP contribution in [0.5, 0.6) is 0 Å². The molecule has 116 valence electrons. The molecular weight excluding hydrogens is 256 g/mol. The number of piperazine rings is 1. The predicted octanol–water partition coefficient (Wildman–Crippen LogP) is 3.77. The summed E-state index contributed by atoms with van der Waals surface area (Å²) in [6, 6.07) is 12.4. The summed E-state index contributed by atoms with van der Waals surface area (Å²) in [5, 5.41) is 3.80. The number of nitrogens with one attached hydrogen (secondary N) is 1. The van der Waals surface area contributed by atoms with Gasteiger partial charge in [0.25, 0.3) is 0 Å². The highest BCUT2D eigenvalue weighted by Crippen LogP contribution is 2.34. The van der Waals surface area contributed by atoms with E-state index in [9.17, 15) is 0 Å². The Bertz CT molecular complexity index is 458. The molecule has 1 aromatic carbocycles. The minimum Gasteiger partial charge on any atom is -0.305 e. The van der Waals surface area contributed by atoms with Crippen molar-refractivity contribution in [2.45, 2.75) is 64.1 Å². The molecule has 1 heterocycles. The molecule has 2 fully saturated rings. The second-order valence-corrected chi connectivity index (χ2v) is 7.43. The molecule has 2 aliphatic rings. The van der Waals surface area contributed by atoms with E-state index in [0.29, 0.717) is 6.04 Å². The molecule has 21 heavy (non-hydrogen) atoms. The number of nitrogens with zero attached hydrogens (tertiary/aromatic N) is 1. The lowest BCUT2D eigenvalue weighted by molar-refractivity contribution is 0.0164. The largest absolute Gasteiger partial charge is 0.305 e. The fourth-order valence-electron chi connectivity index (χ4n) is 4.30. The Morgan fingerprint density at radius 1 is 1.10 bits per heavy atom. The third kappa shape index (κ3) is 3.02. The highest BCUT2D eigenvalue weighted by Gasteiger charge is 2.40. The number of rotatable bonds is 2. The van der Waals surface area contributed by atoms with Gasteiger partial charge in [-0.2, -0.15) is 0 Å². The van der Waals surface area contributed by atoms with Gasteiger partial charge in [-0.25, -0.2) is 0 Å². The zero-order valence-corrected chi connectivity index (χ0v) is 13.8. The van der Waals surface area contributed by atoms with Crippen molar-refractivity contribution in [1.29, 1.82) is 0 Å². The van der Waals surface area contributed by atoms with Crippen molar-refractivity contribution in [3.8, 4) is 0 Å². The highest BCUT2D eigenvalue weighted by atomic mass is 15.3. The van der Waals surface area contributed by atoms with E-state index in [0.717, 1.165) is 25.0 Å². The molecule has 2 heteroatoms. The Balaban J connectivity index is 1.81. The molecule has 1 aliphatic carbocycles. The third-order valence-electron chi connectivity index (χ3n) is 5.76. The first-order valence-electron chi connectivity index (χ1n) is 8.66. The Hall–Kier alpha value is -0.860. The zero-order chi connectivity index (χ0) is 14.9. The molecule has 0 spiro atoms. The van der Waals surface area contributed by atoms with Crippen LogP contribution in [0.2, 0.25) is 0 Å². The van der Waals surface area contributed by atoms with Crippen molar-refractivity contribution in [1.82, 2.24) is 10.2 Å². The zero-order valence-electron chi connectivity index (χ0n) is 13.8. The van der Waals surface area contributed by atoms with E-state index in [-0.39, 0.29) is 5.54 Å². The molecule has 4 unspecified atom stereocenters.